The maximum Gasteiger partial charge on any atom is 0.0596 e. The molecule has 0 bridgehead atoms. The lowest BCUT2D eigenvalue weighted by atomic mass is 10.0. The molecule has 1 unspecified atom stereocenters. The van der Waals surface area contributed by atoms with Crippen molar-refractivity contribution in [1.82, 2.24) is 15.1 Å². The molecule has 0 fully saturated rings. The van der Waals surface area contributed by atoms with Gasteiger partial charge in [0.1, 0.15) is 0 Å². The van der Waals surface area contributed by atoms with Crippen LogP contribution in [0.1, 0.15) is 45.0 Å². The molecule has 0 saturated carbocycles. The third-order valence-corrected chi connectivity index (χ3v) is 3.10. The first kappa shape index (κ1) is 14.2. The molecule has 0 aromatic carbocycles. The van der Waals surface area contributed by atoms with Crippen molar-refractivity contribution < 1.29 is 0 Å². The molecule has 1 aromatic heterocycles. The van der Waals surface area contributed by atoms with Crippen molar-refractivity contribution in [2.75, 3.05) is 6.54 Å². The highest BCUT2D eigenvalue weighted by Gasteiger charge is 2.04. The van der Waals surface area contributed by atoms with E-state index in [2.05, 4.69) is 48.9 Å². The molecule has 1 aromatic rings. The molecular weight excluding hydrogens is 210 g/mol. The Morgan fingerprint density at radius 3 is 2.47 bits per heavy atom. The fourth-order valence-corrected chi connectivity index (χ4v) is 2.00. The van der Waals surface area contributed by atoms with Gasteiger partial charge in [-0.1, -0.05) is 13.8 Å². The Morgan fingerprint density at radius 2 is 1.94 bits per heavy atom. The second-order valence-corrected chi connectivity index (χ2v) is 5.48. The van der Waals surface area contributed by atoms with Gasteiger partial charge in [0.25, 0.3) is 0 Å². The van der Waals surface area contributed by atoms with E-state index in [1.165, 1.54) is 18.5 Å². The normalized spacial score (nSPS) is 13.3. The van der Waals surface area contributed by atoms with Gasteiger partial charge in [-0.25, -0.2) is 0 Å². The van der Waals surface area contributed by atoms with Crippen molar-refractivity contribution in [3.05, 3.63) is 17.5 Å². The molecule has 0 saturated heterocycles. The summed E-state index contributed by atoms with van der Waals surface area (Å²) in [7, 11) is 0. The molecule has 0 aliphatic heterocycles. The van der Waals surface area contributed by atoms with Crippen LogP contribution in [0.15, 0.2) is 6.07 Å². The van der Waals surface area contributed by atoms with Crippen molar-refractivity contribution in [2.24, 2.45) is 5.92 Å². The van der Waals surface area contributed by atoms with Crippen LogP contribution in [0.5, 0.6) is 0 Å². The molecular formula is C14H27N3. The van der Waals surface area contributed by atoms with Crippen LogP contribution in [0.3, 0.4) is 0 Å². The Bertz CT molecular complexity index is 328. The molecule has 3 nitrogen and oxygen atoms in total. The monoisotopic (exact) mass is 237 g/mol. The predicted octanol–water partition coefficient (Wildman–Crippen LogP) is 2.91. The third kappa shape index (κ3) is 5.35. The largest absolute Gasteiger partial charge is 0.312 e. The third-order valence-electron chi connectivity index (χ3n) is 3.10. The average Bonchev–Trinajstić information content (AvgIpc) is 2.55. The van der Waals surface area contributed by atoms with Crippen LogP contribution >= 0.6 is 0 Å². The number of hydrogen-bond donors (Lipinski definition) is 1. The van der Waals surface area contributed by atoms with E-state index in [0.29, 0.717) is 6.04 Å². The minimum atomic E-state index is 0.606. The van der Waals surface area contributed by atoms with Crippen molar-refractivity contribution in [3.63, 3.8) is 0 Å². The summed E-state index contributed by atoms with van der Waals surface area (Å²) in [5, 5.41) is 8.02. The SMILES string of the molecule is Cc1cc(C)n(CCNC(C)CCC(C)C)n1. The number of rotatable bonds is 7. The van der Waals surface area contributed by atoms with Crippen LogP contribution in [-0.4, -0.2) is 22.4 Å². The van der Waals surface area contributed by atoms with Gasteiger partial charge >= 0.3 is 0 Å². The summed E-state index contributed by atoms with van der Waals surface area (Å²) in [5.41, 5.74) is 2.36. The van der Waals surface area contributed by atoms with E-state index in [4.69, 9.17) is 0 Å². The fraction of sp³-hybridized carbons (Fsp3) is 0.786. The highest BCUT2D eigenvalue weighted by atomic mass is 15.3. The smallest absolute Gasteiger partial charge is 0.0596 e. The molecule has 98 valence electrons. The summed E-state index contributed by atoms with van der Waals surface area (Å²) >= 11 is 0. The van der Waals surface area contributed by atoms with Gasteiger partial charge in [-0.05, 0) is 45.6 Å². The van der Waals surface area contributed by atoms with Crippen molar-refractivity contribution in [2.45, 2.75) is 60.0 Å². The Morgan fingerprint density at radius 1 is 1.24 bits per heavy atom. The number of aromatic nitrogens is 2. The first-order valence-electron chi connectivity index (χ1n) is 6.73. The standard InChI is InChI=1S/C14H27N3/c1-11(2)6-7-12(3)15-8-9-17-14(5)10-13(4)16-17/h10-12,15H,6-9H2,1-5H3. The molecule has 0 aliphatic carbocycles. The molecule has 0 aliphatic rings. The molecule has 0 spiro atoms. The zero-order chi connectivity index (χ0) is 12.8. The number of aryl methyl sites for hydroxylation is 2. The van der Waals surface area contributed by atoms with Gasteiger partial charge in [-0.15, -0.1) is 0 Å². The van der Waals surface area contributed by atoms with Gasteiger partial charge in [-0.3, -0.25) is 4.68 Å². The van der Waals surface area contributed by atoms with E-state index in [0.717, 1.165) is 24.7 Å². The van der Waals surface area contributed by atoms with Gasteiger partial charge in [0.05, 0.1) is 12.2 Å². The van der Waals surface area contributed by atoms with Gasteiger partial charge in [0.2, 0.25) is 0 Å². The van der Waals surface area contributed by atoms with E-state index in [1.807, 2.05) is 6.92 Å². The maximum atomic E-state index is 4.46. The molecule has 3 heteroatoms. The van der Waals surface area contributed by atoms with E-state index in [-0.39, 0.29) is 0 Å². The van der Waals surface area contributed by atoms with Crippen molar-refractivity contribution in [3.8, 4) is 0 Å². The van der Waals surface area contributed by atoms with Gasteiger partial charge in [0.15, 0.2) is 0 Å². The Balaban J connectivity index is 2.21. The Labute approximate surface area is 106 Å². The minimum Gasteiger partial charge on any atom is -0.312 e. The number of hydrogen-bond acceptors (Lipinski definition) is 2. The van der Waals surface area contributed by atoms with Gasteiger partial charge < -0.3 is 5.32 Å². The summed E-state index contributed by atoms with van der Waals surface area (Å²) in [5.74, 6) is 0.801. The summed E-state index contributed by atoms with van der Waals surface area (Å²) in [4.78, 5) is 0. The van der Waals surface area contributed by atoms with Crippen LogP contribution in [0.25, 0.3) is 0 Å². The first-order valence-corrected chi connectivity index (χ1v) is 6.73. The summed E-state index contributed by atoms with van der Waals surface area (Å²) in [6.07, 6.45) is 2.56. The van der Waals surface area contributed by atoms with Crippen LogP contribution in [0.4, 0.5) is 0 Å². The second-order valence-electron chi connectivity index (χ2n) is 5.48. The summed E-state index contributed by atoms with van der Waals surface area (Å²) in [6.45, 7) is 13.0. The highest BCUT2D eigenvalue weighted by Crippen LogP contribution is 2.06. The average molecular weight is 237 g/mol. The molecule has 0 amide bonds. The predicted molar refractivity (Wildman–Crippen MR) is 73.2 cm³/mol. The van der Waals surface area contributed by atoms with Crippen molar-refractivity contribution in [1.29, 1.82) is 0 Å². The van der Waals surface area contributed by atoms with Crippen LogP contribution in [0, 0.1) is 19.8 Å². The van der Waals surface area contributed by atoms with Crippen LogP contribution in [-0.2, 0) is 6.54 Å². The zero-order valence-electron chi connectivity index (χ0n) is 12.0. The van der Waals surface area contributed by atoms with Crippen LogP contribution in [0.2, 0.25) is 0 Å². The lowest BCUT2D eigenvalue weighted by Gasteiger charge is -2.15. The molecule has 1 rings (SSSR count). The van der Waals surface area contributed by atoms with E-state index in [9.17, 15) is 0 Å². The van der Waals surface area contributed by atoms with Crippen molar-refractivity contribution >= 4 is 0 Å². The van der Waals surface area contributed by atoms with E-state index < -0.39 is 0 Å². The maximum absolute atomic E-state index is 4.46. The first-order chi connectivity index (χ1) is 7.99. The number of nitrogens with zero attached hydrogens (tertiary/aromatic N) is 2. The number of nitrogens with one attached hydrogen (secondary N) is 1. The molecule has 0 radical (unpaired) electrons. The van der Waals surface area contributed by atoms with E-state index >= 15 is 0 Å². The Hall–Kier alpha value is -0.830. The summed E-state index contributed by atoms with van der Waals surface area (Å²) < 4.78 is 2.08. The molecule has 1 N–H and O–H groups in total. The molecule has 1 atom stereocenters. The van der Waals surface area contributed by atoms with Crippen LogP contribution < -0.4 is 5.32 Å². The highest BCUT2D eigenvalue weighted by molar-refractivity contribution is 5.06. The summed E-state index contributed by atoms with van der Waals surface area (Å²) in [6, 6.07) is 2.73. The lowest BCUT2D eigenvalue weighted by Crippen LogP contribution is -2.30. The minimum absolute atomic E-state index is 0.606. The zero-order valence-corrected chi connectivity index (χ0v) is 12.0. The van der Waals surface area contributed by atoms with Gasteiger partial charge in [0, 0.05) is 18.3 Å². The topological polar surface area (TPSA) is 29.9 Å². The molecule has 17 heavy (non-hydrogen) atoms. The Kier molecular flexibility index (Phi) is 5.69. The second kappa shape index (κ2) is 6.80. The van der Waals surface area contributed by atoms with Gasteiger partial charge in [-0.2, -0.15) is 5.10 Å². The molecule has 1 heterocycles. The quantitative estimate of drug-likeness (QED) is 0.790. The van der Waals surface area contributed by atoms with E-state index in [1.54, 1.807) is 0 Å². The lowest BCUT2D eigenvalue weighted by molar-refractivity contribution is 0.433. The fourth-order valence-electron chi connectivity index (χ4n) is 2.00.